The summed E-state index contributed by atoms with van der Waals surface area (Å²) in [4.78, 5) is 37.4. The molecule has 1 saturated heterocycles. The lowest BCUT2D eigenvalue weighted by Crippen LogP contribution is -2.36. The van der Waals surface area contributed by atoms with Gasteiger partial charge in [0.2, 0.25) is 0 Å². The van der Waals surface area contributed by atoms with Crippen LogP contribution in [0.2, 0.25) is 0 Å². The molecule has 0 spiro atoms. The van der Waals surface area contributed by atoms with E-state index in [1.165, 1.54) is 24.3 Å². The lowest BCUT2D eigenvalue weighted by molar-refractivity contribution is -0.384. The molecule has 0 bridgehead atoms. The molecule has 1 unspecified atom stereocenters. The van der Waals surface area contributed by atoms with Crippen LogP contribution < -0.4 is 10.1 Å². The summed E-state index contributed by atoms with van der Waals surface area (Å²) >= 11 is 0. The van der Waals surface area contributed by atoms with E-state index in [1.54, 1.807) is 31.2 Å². The molecular formula is C21H23N3O5. The number of benzene rings is 2. The van der Waals surface area contributed by atoms with E-state index >= 15 is 0 Å². The van der Waals surface area contributed by atoms with E-state index in [2.05, 4.69) is 5.32 Å². The summed E-state index contributed by atoms with van der Waals surface area (Å²) in [6.45, 7) is 3.02. The fourth-order valence-corrected chi connectivity index (χ4v) is 3.18. The van der Waals surface area contributed by atoms with E-state index in [4.69, 9.17) is 4.74 Å². The first-order chi connectivity index (χ1) is 14.0. The number of piperidine rings is 1. The minimum atomic E-state index is -0.852. The van der Waals surface area contributed by atoms with Gasteiger partial charge in [0.15, 0.2) is 6.10 Å². The lowest BCUT2D eigenvalue weighted by Gasteiger charge is -2.27. The van der Waals surface area contributed by atoms with Crippen molar-refractivity contribution in [2.45, 2.75) is 32.3 Å². The number of likely N-dealkylation sites (tertiary alicyclic amines) is 1. The van der Waals surface area contributed by atoms with Crippen LogP contribution in [0.4, 0.5) is 11.4 Å². The van der Waals surface area contributed by atoms with Gasteiger partial charge in [-0.05, 0) is 50.5 Å². The first-order valence-corrected chi connectivity index (χ1v) is 9.56. The minimum absolute atomic E-state index is 0.0559. The summed E-state index contributed by atoms with van der Waals surface area (Å²) < 4.78 is 5.57. The number of non-ortho nitro benzene ring substituents is 1. The molecule has 1 atom stereocenters. The summed E-state index contributed by atoms with van der Waals surface area (Å²) in [5.74, 6) is -0.164. The van der Waals surface area contributed by atoms with Crippen LogP contribution in [0.5, 0.6) is 5.75 Å². The largest absolute Gasteiger partial charge is 0.481 e. The zero-order chi connectivity index (χ0) is 20.8. The van der Waals surface area contributed by atoms with Gasteiger partial charge in [0.25, 0.3) is 17.5 Å². The van der Waals surface area contributed by atoms with Crippen molar-refractivity contribution in [3.8, 4) is 5.75 Å². The zero-order valence-corrected chi connectivity index (χ0v) is 16.2. The van der Waals surface area contributed by atoms with Crippen LogP contribution in [0.3, 0.4) is 0 Å². The SMILES string of the molecule is CC(Oc1ccc([N+](=O)[O-])cc1)C(=O)Nc1ccccc1C(=O)N1CCCCC1. The van der Waals surface area contributed by atoms with Crippen molar-refractivity contribution in [2.24, 2.45) is 0 Å². The van der Waals surface area contributed by atoms with Crippen LogP contribution >= 0.6 is 0 Å². The van der Waals surface area contributed by atoms with Crippen LogP contribution in [-0.2, 0) is 4.79 Å². The quantitative estimate of drug-likeness (QED) is 0.592. The number of nitro groups is 1. The Bertz CT molecular complexity index is 891. The molecule has 152 valence electrons. The second-order valence-corrected chi connectivity index (χ2v) is 6.90. The van der Waals surface area contributed by atoms with Crippen molar-refractivity contribution >= 4 is 23.2 Å². The second-order valence-electron chi connectivity index (χ2n) is 6.90. The van der Waals surface area contributed by atoms with Crippen LogP contribution in [-0.4, -0.2) is 40.8 Å². The molecule has 3 rings (SSSR count). The Morgan fingerprint density at radius 2 is 1.72 bits per heavy atom. The molecule has 8 heteroatoms. The minimum Gasteiger partial charge on any atom is -0.481 e. The van der Waals surface area contributed by atoms with E-state index in [-0.39, 0.29) is 11.6 Å². The summed E-state index contributed by atoms with van der Waals surface area (Å²) in [7, 11) is 0. The molecule has 0 aromatic heterocycles. The van der Waals surface area contributed by atoms with Crippen molar-refractivity contribution < 1.29 is 19.2 Å². The van der Waals surface area contributed by atoms with E-state index in [0.717, 1.165) is 32.4 Å². The van der Waals surface area contributed by atoms with Gasteiger partial charge in [0.05, 0.1) is 16.2 Å². The van der Waals surface area contributed by atoms with Gasteiger partial charge in [-0.15, -0.1) is 0 Å². The van der Waals surface area contributed by atoms with Crippen molar-refractivity contribution in [3.05, 3.63) is 64.2 Å². The zero-order valence-electron chi connectivity index (χ0n) is 16.2. The fourth-order valence-electron chi connectivity index (χ4n) is 3.18. The Balaban J connectivity index is 1.66. The Hall–Kier alpha value is -3.42. The van der Waals surface area contributed by atoms with Gasteiger partial charge in [-0.2, -0.15) is 0 Å². The normalized spacial score (nSPS) is 14.7. The molecule has 0 aliphatic carbocycles. The summed E-state index contributed by atoms with van der Waals surface area (Å²) in [6, 6.07) is 12.4. The Morgan fingerprint density at radius 3 is 2.38 bits per heavy atom. The predicted molar refractivity (Wildman–Crippen MR) is 108 cm³/mol. The standard InChI is InChI=1S/C21H23N3O5/c1-15(29-17-11-9-16(10-12-17)24(27)28)20(25)22-19-8-4-3-7-18(19)21(26)23-13-5-2-6-14-23/h3-4,7-12,15H,2,5-6,13-14H2,1H3,(H,22,25). The van der Waals surface area contributed by atoms with Gasteiger partial charge >= 0.3 is 0 Å². The number of carbonyl (C=O) groups excluding carboxylic acids is 2. The number of nitrogens with one attached hydrogen (secondary N) is 1. The molecule has 2 aromatic carbocycles. The molecule has 1 aliphatic heterocycles. The number of nitrogens with zero attached hydrogens (tertiary/aromatic N) is 2. The number of para-hydroxylation sites is 1. The third-order valence-corrected chi connectivity index (χ3v) is 4.79. The van der Waals surface area contributed by atoms with Crippen molar-refractivity contribution in [2.75, 3.05) is 18.4 Å². The average Bonchev–Trinajstić information content (AvgIpc) is 2.74. The Labute approximate surface area is 168 Å². The third kappa shape index (κ3) is 5.10. The van der Waals surface area contributed by atoms with Crippen LogP contribution in [0, 0.1) is 10.1 Å². The van der Waals surface area contributed by atoms with Crippen molar-refractivity contribution in [1.29, 1.82) is 0 Å². The first-order valence-electron chi connectivity index (χ1n) is 9.56. The number of ether oxygens (including phenoxy) is 1. The van der Waals surface area contributed by atoms with Crippen molar-refractivity contribution in [3.63, 3.8) is 0 Å². The van der Waals surface area contributed by atoms with Crippen molar-refractivity contribution in [1.82, 2.24) is 4.90 Å². The van der Waals surface area contributed by atoms with Crippen LogP contribution in [0.25, 0.3) is 0 Å². The fraction of sp³-hybridized carbons (Fsp3) is 0.333. The summed E-state index contributed by atoms with van der Waals surface area (Å²) in [5, 5.41) is 13.5. The summed E-state index contributed by atoms with van der Waals surface area (Å²) in [5.41, 5.74) is 0.831. The second kappa shape index (κ2) is 9.18. The number of hydrogen-bond donors (Lipinski definition) is 1. The molecule has 1 heterocycles. The van der Waals surface area contributed by atoms with E-state index in [0.29, 0.717) is 17.0 Å². The van der Waals surface area contributed by atoms with E-state index in [1.807, 2.05) is 4.90 Å². The molecule has 29 heavy (non-hydrogen) atoms. The Morgan fingerprint density at radius 1 is 1.07 bits per heavy atom. The smallest absolute Gasteiger partial charge is 0.269 e. The highest BCUT2D eigenvalue weighted by atomic mass is 16.6. The van der Waals surface area contributed by atoms with Gasteiger partial charge in [0.1, 0.15) is 5.75 Å². The summed E-state index contributed by atoms with van der Waals surface area (Å²) in [6.07, 6.45) is 2.25. The van der Waals surface area contributed by atoms with Gasteiger partial charge in [-0.1, -0.05) is 12.1 Å². The maximum absolute atomic E-state index is 12.8. The number of rotatable bonds is 6. The molecule has 0 saturated carbocycles. The van der Waals surface area contributed by atoms with Crippen LogP contribution in [0.1, 0.15) is 36.5 Å². The van der Waals surface area contributed by atoms with Gasteiger partial charge in [0, 0.05) is 25.2 Å². The number of amides is 2. The highest BCUT2D eigenvalue weighted by Crippen LogP contribution is 2.22. The average molecular weight is 397 g/mol. The number of nitro benzene ring substituents is 1. The lowest BCUT2D eigenvalue weighted by atomic mass is 10.1. The van der Waals surface area contributed by atoms with Crippen LogP contribution in [0.15, 0.2) is 48.5 Å². The molecule has 0 radical (unpaired) electrons. The highest BCUT2D eigenvalue weighted by Gasteiger charge is 2.23. The molecular weight excluding hydrogens is 374 g/mol. The number of hydrogen-bond acceptors (Lipinski definition) is 5. The van der Waals surface area contributed by atoms with E-state index in [9.17, 15) is 19.7 Å². The van der Waals surface area contributed by atoms with Gasteiger partial charge in [-0.3, -0.25) is 19.7 Å². The van der Waals surface area contributed by atoms with Gasteiger partial charge < -0.3 is 15.0 Å². The van der Waals surface area contributed by atoms with Gasteiger partial charge in [-0.25, -0.2) is 0 Å². The maximum Gasteiger partial charge on any atom is 0.269 e. The molecule has 1 N–H and O–H groups in total. The monoisotopic (exact) mass is 397 g/mol. The van der Waals surface area contributed by atoms with E-state index < -0.39 is 16.9 Å². The Kier molecular flexibility index (Phi) is 6.43. The third-order valence-electron chi connectivity index (χ3n) is 4.79. The topological polar surface area (TPSA) is 102 Å². The molecule has 2 amide bonds. The maximum atomic E-state index is 12.8. The number of anilines is 1. The molecule has 2 aromatic rings. The highest BCUT2D eigenvalue weighted by molar-refractivity contribution is 6.04. The predicted octanol–water partition coefficient (Wildman–Crippen LogP) is 3.63. The first kappa shape index (κ1) is 20.3. The molecule has 1 aliphatic rings. The number of carbonyl (C=O) groups is 2. The molecule has 1 fully saturated rings. The molecule has 8 nitrogen and oxygen atoms in total.